The Kier molecular flexibility index (Phi) is 20.0. The number of hydrogen-bond donors (Lipinski definition) is 0. The van der Waals surface area contributed by atoms with E-state index in [1.54, 1.807) is 0 Å². The molecule has 0 aliphatic rings. The van der Waals surface area contributed by atoms with Gasteiger partial charge in [-0.3, -0.25) is 0 Å². The Morgan fingerprint density at radius 3 is 1.35 bits per heavy atom. The van der Waals surface area contributed by atoms with Crippen LogP contribution < -0.4 is 4.74 Å². The predicted molar refractivity (Wildman–Crippen MR) is 134 cm³/mol. The summed E-state index contributed by atoms with van der Waals surface area (Å²) in [5.74, 6) is 0.773. The van der Waals surface area contributed by atoms with E-state index in [4.69, 9.17) is 4.74 Å². The molecule has 0 unspecified atom stereocenters. The highest BCUT2D eigenvalue weighted by molar-refractivity contribution is 5.32. The Bertz CT molecular complexity index is 485. The van der Waals surface area contributed by atoms with E-state index >= 15 is 0 Å². The van der Waals surface area contributed by atoms with Crippen LogP contribution in [0.3, 0.4) is 0 Å². The second-order valence-corrected chi connectivity index (χ2v) is 9.32. The first kappa shape index (κ1) is 28.0. The van der Waals surface area contributed by atoms with Crippen LogP contribution in [0.5, 0.6) is 5.75 Å². The number of hydrogen-bond acceptors (Lipinski definition) is 1. The molecule has 31 heavy (non-hydrogen) atoms. The summed E-state index contributed by atoms with van der Waals surface area (Å²) >= 11 is 0. The number of benzene rings is 1. The molecule has 2 heteroatoms. The fourth-order valence-electron chi connectivity index (χ4n) is 4.30. The molecule has 0 saturated carbocycles. The Balaban J connectivity index is 1.73. The lowest BCUT2D eigenvalue weighted by molar-refractivity contribution is 0.172. The third-order valence-corrected chi connectivity index (χ3v) is 6.38. The fourth-order valence-corrected chi connectivity index (χ4v) is 4.30. The Hall–Kier alpha value is -1.02. The molecule has 0 aliphatic carbocycles. The predicted octanol–water partition coefficient (Wildman–Crippen LogP) is 9.82. The largest absolute Gasteiger partial charge is 0.493 e. The summed E-state index contributed by atoms with van der Waals surface area (Å²) < 4.78 is 5.77. The van der Waals surface area contributed by atoms with Gasteiger partial charge in [0.1, 0.15) is 12.4 Å². The molecule has 1 aromatic carbocycles. The van der Waals surface area contributed by atoms with Crippen LogP contribution in [-0.2, 0) is 11.7 Å². The van der Waals surface area contributed by atoms with Crippen LogP contribution in [-0.4, -0.2) is 6.61 Å². The van der Waals surface area contributed by atoms with Gasteiger partial charge in [0.05, 0.1) is 6.61 Å². The molecule has 1 rings (SSSR count). The molecular formula is C29H51O2. The average molecular weight is 432 g/mol. The molecule has 2 nitrogen and oxygen atoms in total. The van der Waals surface area contributed by atoms with Gasteiger partial charge in [-0.1, -0.05) is 147 Å². The van der Waals surface area contributed by atoms with Crippen molar-refractivity contribution in [3.8, 4) is 5.75 Å². The zero-order chi connectivity index (χ0) is 22.2. The Morgan fingerprint density at radius 1 is 0.548 bits per heavy atom. The maximum Gasteiger partial charge on any atom is 0.124 e. The van der Waals surface area contributed by atoms with E-state index in [-0.39, 0.29) is 6.61 Å². The quantitative estimate of drug-likeness (QED) is 0.158. The van der Waals surface area contributed by atoms with Crippen molar-refractivity contribution in [3.63, 3.8) is 0 Å². The van der Waals surface area contributed by atoms with E-state index in [2.05, 4.69) is 6.92 Å². The first-order valence-electron chi connectivity index (χ1n) is 13.7. The molecule has 179 valence electrons. The number of rotatable bonds is 23. The van der Waals surface area contributed by atoms with Gasteiger partial charge in [0.2, 0.25) is 0 Å². The summed E-state index contributed by atoms with van der Waals surface area (Å²) in [7, 11) is 0. The third-order valence-electron chi connectivity index (χ3n) is 6.38. The summed E-state index contributed by atoms with van der Waals surface area (Å²) in [6.45, 7) is 2.83. The Morgan fingerprint density at radius 2 is 0.935 bits per heavy atom. The van der Waals surface area contributed by atoms with Crippen LogP contribution in [0.1, 0.15) is 141 Å². The zero-order valence-corrected chi connectivity index (χ0v) is 20.7. The number of para-hydroxylation sites is 1. The maximum absolute atomic E-state index is 11.1. The van der Waals surface area contributed by atoms with Gasteiger partial charge in [0.25, 0.3) is 0 Å². The van der Waals surface area contributed by atoms with Crippen molar-refractivity contribution in [2.45, 2.75) is 142 Å². The smallest absolute Gasteiger partial charge is 0.124 e. The number of unbranched alkanes of at least 4 members (excludes halogenated alkanes) is 19. The highest BCUT2D eigenvalue weighted by Gasteiger charge is 2.01. The molecule has 0 N–H and O–H groups in total. The van der Waals surface area contributed by atoms with Crippen molar-refractivity contribution in [1.82, 2.24) is 0 Å². The van der Waals surface area contributed by atoms with Crippen molar-refractivity contribution >= 4 is 0 Å². The molecule has 0 amide bonds. The lowest BCUT2D eigenvalue weighted by Gasteiger charge is -2.09. The molecule has 0 bridgehead atoms. The van der Waals surface area contributed by atoms with E-state index in [1.807, 2.05) is 24.3 Å². The normalized spacial score (nSPS) is 11.2. The molecule has 1 radical (unpaired) electrons. The van der Waals surface area contributed by atoms with Crippen LogP contribution in [0.4, 0.5) is 0 Å². The van der Waals surface area contributed by atoms with Crippen LogP contribution in [0.25, 0.3) is 0 Å². The van der Waals surface area contributed by atoms with Gasteiger partial charge in [-0.15, -0.1) is 0 Å². The lowest BCUT2D eigenvalue weighted by atomic mass is 10.0. The van der Waals surface area contributed by atoms with Crippen LogP contribution in [0.2, 0.25) is 0 Å². The maximum atomic E-state index is 11.1. The van der Waals surface area contributed by atoms with Gasteiger partial charge in [0.15, 0.2) is 0 Å². The average Bonchev–Trinajstić information content (AvgIpc) is 2.80. The van der Waals surface area contributed by atoms with E-state index < -0.39 is 0 Å². The zero-order valence-electron chi connectivity index (χ0n) is 20.7. The SMILES string of the molecule is CCCCCCCCCCCCCCCCCCCCCCOc1ccccc1C[O]. The van der Waals surface area contributed by atoms with Gasteiger partial charge in [-0.05, 0) is 12.5 Å². The van der Waals surface area contributed by atoms with Gasteiger partial charge in [0, 0.05) is 5.56 Å². The molecule has 1 aromatic rings. The van der Waals surface area contributed by atoms with Crippen LogP contribution >= 0.6 is 0 Å². The molecule has 0 saturated heterocycles. The molecule has 0 aliphatic heterocycles. The van der Waals surface area contributed by atoms with E-state index in [1.165, 1.54) is 122 Å². The van der Waals surface area contributed by atoms with Crippen LogP contribution in [0, 0.1) is 0 Å². The molecule has 0 spiro atoms. The van der Waals surface area contributed by atoms with Gasteiger partial charge < -0.3 is 4.74 Å². The highest BCUT2D eigenvalue weighted by Crippen LogP contribution is 2.19. The molecule has 0 heterocycles. The van der Waals surface area contributed by atoms with Gasteiger partial charge in [-0.25, -0.2) is 5.11 Å². The monoisotopic (exact) mass is 431 g/mol. The molecule has 0 atom stereocenters. The fraction of sp³-hybridized carbons (Fsp3) is 0.793. The summed E-state index contributed by atoms with van der Waals surface area (Å²) in [6.07, 6.45) is 28.0. The first-order valence-corrected chi connectivity index (χ1v) is 13.7. The number of ether oxygens (including phenoxy) is 1. The van der Waals surface area contributed by atoms with E-state index in [0.717, 1.165) is 24.3 Å². The second kappa shape index (κ2) is 22.2. The summed E-state index contributed by atoms with van der Waals surface area (Å²) in [4.78, 5) is 0. The van der Waals surface area contributed by atoms with Crippen molar-refractivity contribution in [2.75, 3.05) is 6.61 Å². The first-order chi connectivity index (χ1) is 15.4. The summed E-state index contributed by atoms with van der Waals surface area (Å²) in [5, 5.41) is 11.1. The second-order valence-electron chi connectivity index (χ2n) is 9.32. The van der Waals surface area contributed by atoms with Gasteiger partial charge >= 0.3 is 0 Å². The van der Waals surface area contributed by atoms with E-state index in [0.29, 0.717) is 0 Å². The van der Waals surface area contributed by atoms with Gasteiger partial charge in [-0.2, -0.15) is 0 Å². The summed E-state index contributed by atoms with van der Waals surface area (Å²) in [5.41, 5.74) is 0.774. The minimum absolute atomic E-state index is 0.199. The van der Waals surface area contributed by atoms with Crippen molar-refractivity contribution < 1.29 is 9.84 Å². The Labute approximate surface area is 194 Å². The lowest BCUT2D eigenvalue weighted by Crippen LogP contribution is -2.00. The highest BCUT2D eigenvalue weighted by atomic mass is 16.5. The standard InChI is InChI=1S/C29H51O2/c1-2-3-4-5-6-7-8-9-10-11-12-13-14-15-16-17-18-19-20-23-26-31-29-25-22-21-24-28(29)27-30/h21-22,24-25H,2-20,23,26-27H2,1H3. The van der Waals surface area contributed by atoms with Crippen molar-refractivity contribution in [1.29, 1.82) is 0 Å². The minimum atomic E-state index is -0.199. The third kappa shape index (κ3) is 17.2. The van der Waals surface area contributed by atoms with Crippen molar-refractivity contribution in [2.24, 2.45) is 0 Å². The van der Waals surface area contributed by atoms with E-state index in [9.17, 15) is 5.11 Å². The minimum Gasteiger partial charge on any atom is -0.493 e. The summed E-state index contributed by atoms with van der Waals surface area (Å²) in [6, 6.07) is 7.60. The van der Waals surface area contributed by atoms with Crippen molar-refractivity contribution in [3.05, 3.63) is 29.8 Å². The van der Waals surface area contributed by atoms with Crippen LogP contribution in [0.15, 0.2) is 24.3 Å². The molecule has 0 aromatic heterocycles. The molecule has 0 fully saturated rings. The topological polar surface area (TPSA) is 29.1 Å². The molecular weight excluding hydrogens is 380 g/mol.